The summed E-state index contributed by atoms with van der Waals surface area (Å²) < 4.78 is 21.9. The van der Waals surface area contributed by atoms with E-state index in [1.54, 1.807) is 0 Å². The van der Waals surface area contributed by atoms with Crippen molar-refractivity contribution in [3.63, 3.8) is 0 Å². The molecule has 5 rings (SSSR count). The number of hydrogen-bond donors (Lipinski definition) is 0. The van der Waals surface area contributed by atoms with Gasteiger partial charge in [0.1, 0.15) is 0 Å². The van der Waals surface area contributed by atoms with Crippen LogP contribution < -0.4 is 18.9 Å². The molecule has 2 aromatic rings. The van der Waals surface area contributed by atoms with Crippen LogP contribution in [-0.4, -0.2) is 19.4 Å². The number of hydrogen-bond acceptors (Lipinski definition) is 5. The van der Waals surface area contributed by atoms with E-state index in [0.29, 0.717) is 17.9 Å². The van der Waals surface area contributed by atoms with Crippen LogP contribution in [0, 0.1) is 6.92 Å². The quantitative estimate of drug-likeness (QED) is 0.806. The Morgan fingerprint density at radius 2 is 1.67 bits per heavy atom. The summed E-state index contributed by atoms with van der Waals surface area (Å²) in [4.78, 5) is 13.2. The van der Waals surface area contributed by atoms with Crippen molar-refractivity contribution in [2.24, 2.45) is 0 Å². The fourth-order valence-electron chi connectivity index (χ4n) is 4.03. The van der Waals surface area contributed by atoms with Crippen LogP contribution in [0.3, 0.4) is 0 Å². The molecule has 122 valence electrons. The largest absolute Gasteiger partial charge is 0.454 e. The van der Waals surface area contributed by atoms with E-state index in [-0.39, 0.29) is 19.4 Å². The molecule has 0 saturated heterocycles. The Kier molecular flexibility index (Phi) is 2.54. The molecule has 5 nitrogen and oxygen atoms in total. The molecule has 0 aromatic heterocycles. The minimum Gasteiger partial charge on any atom is -0.454 e. The zero-order valence-electron chi connectivity index (χ0n) is 13.5. The smallest absolute Gasteiger partial charge is 0.231 e. The summed E-state index contributed by atoms with van der Waals surface area (Å²) in [5.74, 6) is 2.95. The van der Waals surface area contributed by atoms with Crippen LogP contribution >= 0.6 is 0 Å². The summed E-state index contributed by atoms with van der Waals surface area (Å²) >= 11 is 0. The predicted octanol–water partition coefficient (Wildman–Crippen LogP) is 3.15. The maximum Gasteiger partial charge on any atom is 0.231 e. The molecule has 0 fully saturated rings. The van der Waals surface area contributed by atoms with Crippen molar-refractivity contribution < 1.29 is 23.7 Å². The van der Waals surface area contributed by atoms with Crippen molar-refractivity contribution in [3.8, 4) is 23.0 Å². The van der Waals surface area contributed by atoms with E-state index in [4.69, 9.17) is 18.9 Å². The first-order valence-electron chi connectivity index (χ1n) is 7.95. The second-order valence-electron chi connectivity index (χ2n) is 6.67. The zero-order valence-corrected chi connectivity index (χ0v) is 13.5. The number of carbonyl (C=O) groups is 1. The molecule has 5 heteroatoms. The van der Waals surface area contributed by atoms with E-state index in [1.807, 2.05) is 38.1 Å². The van der Waals surface area contributed by atoms with Crippen molar-refractivity contribution in [2.45, 2.75) is 25.7 Å². The molecule has 24 heavy (non-hydrogen) atoms. The van der Waals surface area contributed by atoms with Crippen molar-refractivity contribution in [1.29, 1.82) is 0 Å². The number of ether oxygens (including phenoxy) is 4. The molecule has 0 bridgehead atoms. The van der Waals surface area contributed by atoms with Crippen molar-refractivity contribution in [2.75, 3.05) is 13.6 Å². The van der Waals surface area contributed by atoms with Gasteiger partial charge in [-0.2, -0.15) is 0 Å². The average Bonchev–Trinajstić information content (AvgIpc) is 3.26. The second-order valence-corrected chi connectivity index (χ2v) is 6.67. The number of rotatable bonds is 1. The molecular formula is C19H16O5. The molecule has 0 saturated carbocycles. The summed E-state index contributed by atoms with van der Waals surface area (Å²) in [6.45, 7) is 4.42. The highest BCUT2D eigenvalue weighted by molar-refractivity contribution is 6.09. The van der Waals surface area contributed by atoms with Crippen LogP contribution in [0.4, 0.5) is 0 Å². The average molecular weight is 324 g/mol. The van der Waals surface area contributed by atoms with Gasteiger partial charge in [-0.25, -0.2) is 0 Å². The fraction of sp³-hybridized carbons (Fsp3) is 0.316. The summed E-state index contributed by atoms with van der Waals surface area (Å²) in [6, 6.07) is 7.61. The van der Waals surface area contributed by atoms with Crippen LogP contribution in [0.1, 0.15) is 34.0 Å². The van der Waals surface area contributed by atoms with E-state index >= 15 is 0 Å². The standard InChI is InChI=1S/C19H16O5/c1-10-13(3-4-14-17(10)24-9-21-14)19(2)7-11-5-15-16(23-8-22-15)6-12(11)18(19)20/h3-6H,7-9H2,1-2H3/t19-/m1/s1. The molecule has 0 unspecified atom stereocenters. The normalized spacial score (nSPS) is 22.8. The van der Waals surface area contributed by atoms with Gasteiger partial charge in [0.25, 0.3) is 0 Å². The number of fused-ring (bicyclic) bond motifs is 3. The fourth-order valence-corrected chi connectivity index (χ4v) is 4.03. The van der Waals surface area contributed by atoms with Gasteiger partial charge in [0, 0.05) is 5.56 Å². The Morgan fingerprint density at radius 3 is 2.50 bits per heavy atom. The van der Waals surface area contributed by atoms with E-state index in [1.165, 1.54) is 0 Å². The highest BCUT2D eigenvalue weighted by Crippen LogP contribution is 2.48. The lowest BCUT2D eigenvalue weighted by Crippen LogP contribution is -2.30. The minimum absolute atomic E-state index is 0.109. The van der Waals surface area contributed by atoms with Gasteiger partial charge in [-0.1, -0.05) is 6.07 Å². The lowest BCUT2D eigenvalue weighted by molar-refractivity contribution is 0.0914. The molecule has 2 aliphatic heterocycles. The number of carbonyl (C=O) groups excluding carboxylic acids is 1. The van der Waals surface area contributed by atoms with E-state index < -0.39 is 5.41 Å². The molecule has 1 aliphatic carbocycles. The molecule has 0 N–H and O–H groups in total. The van der Waals surface area contributed by atoms with E-state index in [2.05, 4.69) is 0 Å². The van der Waals surface area contributed by atoms with Crippen molar-refractivity contribution >= 4 is 5.78 Å². The van der Waals surface area contributed by atoms with Gasteiger partial charge < -0.3 is 18.9 Å². The van der Waals surface area contributed by atoms with Crippen LogP contribution in [-0.2, 0) is 11.8 Å². The third-order valence-electron chi connectivity index (χ3n) is 5.27. The Labute approximate surface area is 139 Å². The molecule has 2 heterocycles. The van der Waals surface area contributed by atoms with Gasteiger partial charge in [-0.3, -0.25) is 4.79 Å². The van der Waals surface area contributed by atoms with Crippen LogP contribution in [0.15, 0.2) is 24.3 Å². The molecule has 0 amide bonds. The lowest BCUT2D eigenvalue weighted by atomic mass is 9.76. The molecule has 0 radical (unpaired) electrons. The Hall–Kier alpha value is -2.69. The van der Waals surface area contributed by atoms with Crippen LogP contribution in [0.25, 0.3) is 0 Å². The summed E-state index contributed by atoms with van der Waals surface area (Å²) in [5, 5.41) is 0. The Bertz CT molecular complexity index is 901. The van der Waals surface area contributed by atoms with E-state index in [0.717, 1.165) is 33.8 Å². The van der Waals surface area contributed by atoms with Gasteiger partial charge >= 0.3 is 0 Å². The summed E-state index contributed by atoms with van der Waals surface area (Å²) in [6.07, 6.45) is 0.637. The van der Waals surface area contributed by atoms with Gasteiger partial charge in [-0.15, -0.1) is 0 Å². The van der Waals surface area contributed by atoms with Crippen LogP contribution in [0.5, 0.6) is 23.0 Å². The van der Waals surface area contributed by atoms with E-state index in [9.17, 15) is 4.79 Å². The highest BCUT2D eigenvalue weighted by atomic mass is 16.7. The first kappa shape index (κ1) is 13.7. The van der Waals surface area contributed by atoms with Gasteiger partial charge in [0.05, 0.1) is 5.41 Å². The third kappa shape index (κ3) is 1.62. The molecule has 3 aliphatic rings. The molecule has 1 atom stereocenters. The number of Topliss-reactive ketones (excluding diaryl/α,β-unsaturated/α-hetero) is 1. The molecule has 2 aromatic carbocycles. The van der Waals surface area contributed by atoms with Gasteiger partial charge in [0.2, 0.25) is 13.6 Å². The van der Waals surface area contributed by atoms with Crippen LogP contribution in [0.2, 0.25) is 0 Å². The first-order valence-corrected chi connectivity index (χ1v) is 7.95. The maximum atomic E-state index is 13.2. The number of ketones is 1. The minimum atomic E-state index is -0.623. The van der Waals surface area contributed by atoms with Crippen molar-refractivity contribution in [3.05, 3.63) is 46.5 Å². The number of benzene rings is 2. The van der Waals surface area contributed by atoms with Gasteiger partial charge in [-0.05, 0) is 55.2 Å². The summed E-state index contributed by atoms with van der Waals surface area (Å²) in [5.41, 5.74) is 3.05. The monoisotopic (exact) mass is 324 g/mol. The topological polar surface area (TPSA) is 54.0 Å². The second kappa shape index (κ2) is 4.44. The van der Waals surface area contributed by atoms with Crippen molar-refractivity contribution in [1.82, 2.24) is 0 Å². The predicted molar refractivity (Wildman–Crippen MR) is 85.3 cm³/mol. The van der Waals surface area contributed by atoms with Gasteiger partial charge in [0.15, 0.2) is 28.8 Å². The first-order chi connectivity index (χ1) is 11.6. The Balaban J connectivity index is 1.64. The third-order valence-corrected chi connectivity index (χ3v) is 5.27. The SMILES string of the molecule is Cc1c([C@@]2(C)Cc3cc4c(cc3C2=O)OCO4)ccc2c1OCO2. The maximum absolute atomic E-state index is 13.2. The highest BCUT2D eigenvalue weighted by Gasteiger charge is 2.45. The zero-order chi connectivity index (χ0) is 16.5. The molecular weight excluding hydrogens is 308 g/mol. The Morgan fingerprint density at radius 1 is 0.958 bits per heavy atom. The molecule has 0 spiro atoms. The summed E-state index contributed by atoms with van der Waals surface area (Å²) in [7, 11) is 0. The lowest BCUT2D eigenvalue weighted by Gasteiger charge is -2.25.